The number of phenolic OH excluding ortho intramolecular Hbond substituents is 1. The number of aromatic hydroxyl groups is 1. The molecule has 0 atom stereocenters. The van der Waals surface area contributed by atoms with Crippen LogP contribution in [0, 0.1) is 16.3 Å². The van der Waals surface area contributed by atoms with Gasteiger partial charge in [-0.3, -0.25) is 0 Å². The summed E-state index contributed by atoms with van der Waals surface area (Å²) in [5, 5.41) is 12.7. The van der Waals surface area contributed by atoms with Crippen LogP contribution in [0.1, 0.15) is 19.0 Å². The minimum Gasteiger partial charge on any atom is -0.508 e. The van der Waals surface area contributed by atoms with Crippen LogP contribution in [-0.2, 0) is 0 Å². The number of hydrogen-bond donors (Lipinski definition) is 2. The maximum absolute atomic E-state index is 13.4. The SMILES string of the molecule is CCCNc1nc(-c2cc(O)cc(F)c2)nc(C)c1I. The second-order valence-corrected chi connectivity index (χ2v) is 5.50. The lowest BCUT2D eigenvalue weighted by molar-refractivity contribution is 0.469. The fraction of sp³-hybridized carbons (Fsp3) is 0.286. The van der Waals surface area contributed by atoms with Crippen molar-refractivity contribution < 1.29 is 9.50 Å². The van der Waals surface area contributed by atoms with Crippen molar-refractivity contribution in [2.75, 3.05) is 11.9 Å². The van der Waals surface area contributed by atoms with E-state index in [-0.39, 0.29) is 5.75 Å². The van der Waals surface area contributed by atoms with Crippen LogP contribution >= 0.6 is 22.6 Å². The highest BCUT2D eigenvalue weighted by Crippen LogP contribution is 2.26. The van der Waals surface area contributed by atoms with E-state index in [4.69, 9.17) is 0 Å². The van der Waals surface area contributed by atoms with Gasteiger partial charge in [-0.1, -0.05) is 6.92 Å². The van der Waals surface area contributed by atoms with Crippen molar-refractivity contribution in [2.24, 2.45) is 0 Å². The first-order valence-corrected chi connectivity index (χ1v) is 7.37. The van der Waals surface area contributed by atoms with Gasteiger partial charge in [0.05, 0.1) is 9.26 Å². The van der Waals surface area contributed by atoms with E-state index in [1.54, 1.807) is 0 Å². The molecule has 0 saturated carbocycles. The lowest BCUT2D eigenvalue weighted by Gasteiger charge is -2.11. The predicted octanol–water partition coefficient (Wildman–Crippen LogP) is 3.72. The van der Waals surface area contributed by atoms with Crippen molar-refractivity contribution in [1.29, 1.82) is 0 Å². The summed E-state index contributed by atoms with van der Waals surface area (Å²) in [4.78, 5) is 8.77. The van der Waals surface area contributed by atoms with Gasteiger partial charge in [0.25, 0.3) is 0 Å². The van der Waals surface area contributed by atoms with Crippen molar-refractivity contribution in [1.82, 2.24) is 9.97 Å². The summed E-state index contributed by atoms with van der Waals surface area (Å²) in [5.74, 6) is 0.487. The van der Waals surface area contributed by atoms with Gasteiger partial charge in [0, 0.05) is 18.2 Å². The number of aryl methyl sites for hydroxylation is 1. The predicted molar refractivity (Wildman–Crippen MR) is 85.3 cm³/mol. The zero-order valence-corrected chi connectivity index (χ0v) is 13.4. The highest BCUT2D eigenvalue weighted by Gasteiger charge is 2.12. The van der Waals surface area contributed by atoms with E-state index in [2.05, 4.69) is 44.8 Å². The third-order valence-corrected chi connectivity index (χ3v) is 3.99. The van der Waals surface area contributed by atoms with Crippen molar-refractivity contribution in [2.45, 2.75) is 20.3 Å². The summed E-state index contributed by atoms with van der Waals surface area (Å²) in [5.41, 5.74) is 1.28. The van der Waals surface area contributed by atoms with Gasteiger partial charge < -0.3 is 10.4 Å². The van der Waals surface area contributed by atoms with Gasteiger partial charge in [0.15, 0.2) is 5.82 Å². The van der Waals surface area contributed by atoms with Gasteiger partial charge in [0.2, 0.25) is 0 Å². The van der Waals surface area contributed by atoms with Crippen LogP contribution in [0.25, 0.3) is 11.4 Å². The Balaban J connectivity index is 2.48. The quantitative estimate of drug-likeness (QED) is 0.786. The lowest BCUT2D eigenvalue weighted by atomic mass is 10.2. The number of phenols is 1. The third-order valence-electron chi connectivity index (χ3n) is 2.70. The number of hydrogen-bond acceptors (Lipinski definition) is 4. The molecule has 0 fully saturated rings. The van der Waals surface area contributed by atoms with Crippen LogP contribution in [0.2, 0.25) is 0 Å². The van der Waals surface area contributed by atoms with Crippen molar-refractivity contribution in [3.05, 3.63) is 33.3 Å². The number of halogens is 2. The summed E-state index contributed by atoms with van der Waals surface area (Å²) in [6, 6.07) is 3.82. The minimum atomic E-state index is -0.511. The van der Waals surface area contributed by atoms with Gasteiger partial charge >= 0.3 is 0 Å². The molecule has 0 unspecified atom stereocenters. The molecule has 0 aliphatic heterocycles. The van der Waals surface area contributed by atoms with E-state index in [0.29, 0.717) is 11.4 Å². The largest absolute Gasteiger partial charge is 0.508 e. The number of aromatic nitrogens is 2. The van der Waals surface area contributed by atoms with E-state index in [9.17, 15) is 9.50 Å². The summed E-state index contributed by atoms with van der Waals surface area (Å²) < 4.78 is 14.3. The van der Waals surface area contributed by atoms with Crippen LogP contribution < -0.4 is 5.32 Å². The second-order valence-electron chi connectivity index (χ2n) is 4.42. The Morgan fingerprint density at radius 2 is 2.05 bits per heavy atom. The molecular formula is C14H15FIN3O. The highest BCUT2D eigenvalue weighted by atomic mass is 127. The fourth-order valence-electron chi connectivity index (χ4n) is 1.75. The van der Waals surface area contributed by atoms with Crippen LogP contribution in [0.15, 0.2) is 18.2 Å². The van der Waals surface area contributed by atoms with Crippen LogP contribution in [0.4, 0.5) is 10.2 Å². The first kappa shape index (κ1) is 15.0. The first-order valence-electron chi connectivity index (χ1n) is 6.29. The Bertz CT molecular complexity index is 614. The molecule has 106 valence electrons. The van der Waals surface area contributed by atoms with E-state index >= 15 is 0 Å². The zero-order valence-electron chi connectivity index (χ0n) is 11.2. The molecule has 0 aliphatic rings. The summed E-state index contributed by atoms with van der Waals surface area (Å²) in [6.45, 7) is 4.75. The lowest BCUT2D eigenvalue weighted by Crippen LogP contribution is -2.07. The number of benzene rings is 1. The Morgan fingerprint density at radius 1 is 1.30 bits per heavy atom. The summed E-state index contributed by atoms with van der Waals surface area (Å²) in [7, 11) is 0. The van der Waals surface area contributed by atoms with E-state index in [1.807, 2.05) is 6.92 Å². The molecule has 0 amide bonds. The molecule has 0 saturated heterocycles. The Morgan fingerprint density at radius 3 is 2.70 bits per heavy atom. The molecule has 2 N–H and O–H groups in total. The van der Waals surface area contributed by atoms with Crippen LogP contribution in [0.3, 0.4) is 0 Å². The summed E-state index contributed by atoms with van der Waals surface area (Å²) in [6.07, 6.45) is 0.981. The molecule has 0 radical (unpaired) electrons. The average Bonchev–Trinajstić information content (AvgIpc) is 2.39. The molecule has 0 bridgehead atoms. The molecule has 6 heteroatoms. The highest BCUT2D eigenvalue weighted by molar-refractivity contribution is 14.1. The van der Waals surface area contributed by atoms with E-state index in [0.717, 1.165) is 34.1 Å². The van der Waals surface area contributed by atoms with Crippen LogP contribution in [-0.4, -0.2) is 21.6 Å². The number of nitrogens with one attached hydrogen (secondary N) is 1. The molecular weight excluding hydrogens is 372 g/mol. The smallest absolute Gasteiger partial charge is 0.162 e. The molecule has 1 aromatic heterocycles. The van der Waals surface area contributed by atoms with Gasteiger partial charge in [0.1, 0.15) is 17.4 Å². The standard InChI is InChI=1S/C14H15FIN3O/c1-3-4-17-14-12(16)8(2)18-13(19-14)9-5-10(15)7-11(20)6-9/h5-7,20H,3-4H2,1-2H3,(H,17,18,19). The topological polar surface area (TPSA) is 58.0 Å². The number of nitrogens with zero attached hydrogens (tertiary/aromatic N) is 2. The molecule has 0 spiro atoms. The van der Waals surface area contributed by atoms with Gasteiger partial charge in [-0.05, 0) is 48.1 Å². The monoisotopic (exact) mass is 387 g/mol. The molecule has 20 heavy (non-hydrogen) atoms. The second kappa shape index (κ2) is 6.34. The Labute approximate surface area is 130 Å². The molecule has 0 aliphatic carbocycles. The van der Waals surface area contributed by atoms with Gasteiger partial charge in [-0.2, -0.15) is 0 Å². The van der Waals surface area contributed by atoms with Gasteiger partial charge in [-0.15, -0.1) is 0 Å². The minimum absolute atomic E-state index is 0.136. The molecule has 2 rings (SSSR count). The summed E-state index contributed by atoms with van der Waals surface area (Å²) >= 11 is 2.18. The van der Waals surface area contributed by atoms with Gasteiger partial charge in [-0.25, -0.2) is 14.4 Å². The normalized spacial score (nSPS) is 10.6. The van der Waals surface area contributed by atoms with Crippen molar-refractivity contribution in [3.63, 3.8) is 0 Å². The molecule has 1 heterocycles. The zero-order chi connectivity index (χ0) is 14.7. The first-order chi connectivity index (χ1) is 9.51. The van der Waals surface area contributed by atoms with E-state index in [1.165, 1.54) is 12.1 Å². The van der Waals surface area contributed by atoms with Crippen LogP contribution in [0.5, 0.6) is 5.75 Å². The molecule has 1 aromatic carbocycles. The number of anilines is 1. The fourth-order valence-corrected chi connectivity index (χ4v) is 2.18. The van der Waals surface area contributed by atoms with E-state index < -0.39 is 5.82 Å². The maximum Gasteiger partial charge on any atom is 0.162 e. The average molecular weight is 387 g/mol. The molecule has 2 aromatic rings. The Hall–Kier alpha value is -1.44. The Kier molecular flexibility index (Phi) is 4.74. The van der Waals surface area contributed by atoms with Crippen molar-refractivity contribution >= 4 is 28.4 Å². The number of rotatable bonds is 4. The molecule has 4 nitrogen and oxygen atoms in total. The third kappa shape index (κ3) is 3.36. The van der Waals surface area contributed by atoms with Crippen molar-refractivity contribution in [3.8, 4) is 17.1 Å². The maximum atomic E-state index is 13.4.